The van der Waals surface area contributed by atoms with E-state index in [0.29, 0.717) is 17.4 Å². The molecule has 9 heteroatoms. The molecule has 0 saturated heterocycles. The second-order valence-electron chi connectivity index (χ2n) is 7.64. The van der Waals surface area contributed by atoms with Crippen molar-refractivity contribution in [2.24, 2.45) is 0 Å². The summed E-state index contributed by atoms with van der Waals surface area (Å²) < 4.78 is 9.70. The third-order valence-electron chi connectivity index (χ3n) is 5.50. The summed E-state index contributed by atoms with van der Waals surface area (Å²) in [5.41, 5.74) is 4.35. The van der Waals surface area contributed by atoms with Crippen molar-refractivity contribution in [2.45, 2.75) is 45.3 Å². The average molecular weight is 467 g/mol. The molecule has 4 rings (SSSR count). The monoisotopic (exact) mass is 466 g/mol. The van der Waals surface area contributed by atoms with E-state index in [1.807, 2.05) is 36.6 Å². The minimum Gasteiger partial charge on any atom is -0.872 e. The molecule has 0 aliphatic rings. The largest absolute Gasteiger partial charge is 1.00 e. The number of hydrogen-bond acceptors (Lipinski definition) is 5. The predicted molar refractivity (Wildman–Crippen MR) is 118 cm³/mol. The molecule has 0 aliphatic carbocycles. The molecule has 2 heterocycles. The van der Waals surface area contributed by atoms with Gasteiger partial charge in [-0.2, -0.15) is 5.10 Å². The molecule has 0 unspecified atom stereocenters. The van der Waals surface area contributed by atoms with E-state index in [4.69, 9.17) is 17.4 Å². The van der Waals surface area contributed by atoms with Crippen LogP contribution in [-0.4, -0.2) is 26.4 Å². The second-order valence-corrected chi connectivity index (χ2v) is 8.00. The third-order valence-corrected chi connectivity index (χ3v) is 5.76. The summed E-state index contributed by atoms with van der Waals surface area (Å²) >= 11 is 5.56. The van der Waals surface area contributed by atoms with Gasteiger partial charge in [0.2, 0.25) is 0 Å². The van der Waals surface area contributed by atoms with Gasteiger partial charge in [0.1, 0.15) is 5.75 Å². The van der Waals surface area contributed by atoms with Gasteiger partial charge in [-0.15, -0.1) is 10.8 Å². The van der Waals surface area contributed by atoms with Crippen LogP contribution in [-0.2, 0) is 19.0 Å². The molecule has 2 aromatic heterocycles. The number of methoxy groups -OCH3 is 1. The third kappa shape index (κ3) is 4.62. The van der Waals surface area contributed by atoms with E-state index in [1.165, 1.54) is 0 Å². The van der Waals surface area contributed by atoms with Crippen LogP contribution in [0.3, 0.4) is 0 Å². The molecule has 0 fully saturated rings. The Morgan fingerprint density at radius 2 is 1.84 bits per heavy atom. The minimum absolute atomic E-state index is 0. The minimum atomic E-state index is 0. The first kappa shape index (κ1) is 27.2. The molecular weight excluding hydrogens is 442 g/mol. The number of benzene rings is 2. The van der Waals surface area contributed by atoms with Crippen LogP contribution < -0.4 is 69.0 Å². The van der Waals surface area contributed by atoms with Crippen molar-refractivity contribution in [3.05, 3.63) is 47.7 Å². The number of nitrogens with zero attached hydrogens (tertiary/aromatic N) is 4. The molecule has 0 radical (unpaired) electrons. The molecule has 0 spiro atoms. The van der Waals surface area contributed by atoms with E-state index in [9.17, 15) is 5.11 Å². The molecule has 0 amide bonds. The van der Waals surface area contributed by atoms with Gasteiger partial charge in [0.15, 0.2) is 5.82 Å². The smallest absolute Gasteiger partial charge is 0.872 e. The number of aryl methyl sites for hydroxylation is 2. The van der Waals surface area contributed by atoms with Crippen LogP contribution >= 0.6 is 0 Å². The van der Waals surface area contributed by atoms with E-state index < -0.39 is 0 Å². The van der Waals surface area contributed by atoms with Gasteiger partial charge in [-0.3, -0.25) is 4.57 Å². The maximum atomic E-state index is 12.2. The van der Waals surface area contributed by atoms with Crippen molar-refractivity contribution in [3.63, 3.8) is 0 Å². The van der Waals surface area contributed by atoms with Gasteiger partial charge in [0.25, 0.3) is 0 Å². The summed E-state index contributed by atoms with van der Waals surface area (Å²) in [5.74, 6) is 1.48. The second kappa shape index (κ2) is 10.9. The molecule has 4 aromatic rings. The van der Waals surface area contributed by atoms with Gasteiger partial charge in [-0.05, 0) is 57.0 Å². The summed E-state index contributed by atoms with van der Waals surface area (Å²) in [7, 11) is 1.68. The van der Waals surface area contributed by atoms with Gasteiger partial charge in [-0.25, -0.2) is 0 Å². The first-order valence-electron chi connectivity index (χ1n) is 9.98. The fourth-order valence-corrected chi connectivity index (χ4v) is 4.16. The quantitative estimate of drug-likeness (QED) is 0.260. The maximum absolute atomic E-state index is 12.2. The van der Waals surface area contributed by atoms with Crippen molar-refractivity contribution in [1.29, 1.82) is 0 Å². The zero-order valence-corrected chi connectivity index (χ0v) is 24.6. The van der Waals surface area contributed by atoms with Crippen LogP contribution in [0.25, 0.3) is 28.0 Å². The zero-order valence-electron chi connectivity index (χ0n) is 19.8. The average Bonchev–Trinajstić information content (AvgIpc) is 3.32. The molecule has 32 heavy (non-hydrogen) atoms. The first-order valence-corrected chi connectivity index (χ1v) is 10.4. The number of rotatable bonds is 5. The Balaban J connectivity index is 0.00000181. The molecule has 156 valence electrons. The molecule has 0 bridgehead atoms. The number of hydrogen-bond donors (Lipinski definition) is 0. The van der Waals surface area contributed by atoms with E-state index in [2.05, 4.69) is 40.9 Å². The summed E-state index contributed by atoms with van der Waals surface area (Å²) in [6.07, 6.45) is 2.71. The van der Waals surface area contributed by atoms with Crippen molar-refractivity contribution < 1.29 is 69.0 Å². The molecule has 0 atom stereocenters. The molecule has 2 aromatic carbocycles. The van der Waals surface area contributed by atoms with Gasteiger partial charge in [0, 0.05) is 28.3 Å². The molecule has 0 saturated carbocycles. The zero-order chi connectivity index (χ0) is 21.6. The molecule has 0 aliphatic heterocycles. The van der Waals surface area contributed by atoms with Crippen LogP contribution in [0.4, 0.5) is 0 Å². The molecule has 6 nitrogen and oxygen atoms in total. The fourth-order valence-electron chi connectivity index (χ4n) is 3.93. The van der Waals surface area contributed by atoms with Crippen molar-refractivity contribution in [3.8, 4) is 28.6 Å². The van der Waals surface area contributed by atoms with E-state index in [0.717, 1.165) is 39.0 Å². The van der Waals surface area contributed by atoms with Crippen LogP contribution in [0, 0.1) is 6.92 Å². The van der Waals surface area contributed by atoms with Crippen molar-refractivity contribution >= 4 is 23.5 Å². The normalized spacial score (nSPS) is 10.8. The Hall–Kier alpha value is -1.06. The maximum Gasteiger partial charge on any atom is 1.00 e. The molecule has 0 N–H and O–H groups in total. The van der Waals surface area contributed by atoms with Crippen LogP contribution in [0.1, 0.15) is 37.9 Å². The summed E-state index contributed by atoms with van der Waals surface area (Å²) in [6, 6.07) is 9.83. The fraction of sp³-hybridized carbons (Fsp3) is 0.304. The Kier molecular flexibility index (Phi) is 9.27. The summed E-state index contributed by atoms with van der Waals surface area (Å²) in [4.78, 5) is 0. The van der Waals surface area contributed by atoms with Gasteiger partial charge in [-0.1, -0.05) is 18.6 Å². The predicted octanol–water partition coefficient (Wildman–Crippen LogP) is -1.66. The molecular formula is C23H24N4Na2O2S. The number of aromatic nitrogens is 4. The Bertz CT molecular complexity index is 1250. The van der Waals surface area contributed by atoms with Crippen LogP contribution in [0.15, 0.2) is 41.7 Å². The first-order chi connectivity index (χ1) is 14.4. The van der Waals surface area contributed by atoms with Crippen molar-refractivity contribution in [2.75, 3.05) is 7.11 Å². The van der Waals surface area contributed by atoms with E-state index in [1.54, 1.807) is 13.2 Å². The van der Waals surface area contributed by atoms with Crippen LogP contribution in [0.5, 0.6) is 11.5 Å². The van der Waals surface area contributed by atoms with Gasteiger partial charge < -0.3 is 27.0 Å². The summed E-state index contributed by atoms with van der Waals surface area (Å²) in [5, 5.41) is 22.2. The Morgan fingerprint density at radius 3 is 2.47 bits per heavy atom. The van der Waals surface area contributed by atoms with Crippen LogP contribution in [0.2, 0.25) is 0 Å². The van der Waals surface area contributed by atoms with E-state index in [-0.39, 0.29) is 70.9 Å². The Labute approximate surface area is 238 Å². The Morgan fingerprint density at radius 1 is 1.12 bits per heavy atom. The topological polar surface area (TPSA) is 67.9 Å². The van der Waals surface area contributed by atoms with Gasteiger partial charge >= 0.3 is 59.1 Å². The number of fused-ring (bicyclic) bond motifs is 1. The summed E-state index contributed by atoms with van der Waals surface area (Å²) in [6.45, 7) is 8.15. The van der Waals surface area contributed by atoms with E-state index >= 15 is 0 Å². The standard InChI is InChI=1S/C23H26N4O2S.2Na/c1-6-15-12-17(14(4)11-19(15)28)22-24-25-23(30)27(22)18-7-8-20(29-5)21-16(18)9-10-26(21)13(2)3;;/h7-13,28H,6H2,1-5H3,(H,25,30);;/q;2*+1/p-2. The van der Waals surface area contributed by atoms with Gasteiger partial charge in [0.05, 0.1) is 18.3 Å². The number of ether oxygens (including phenoxy) is 1. The SMILES string of the molecule is CCc1cc(-c2nnc([S-])n2-c2ccc(OC)c3c2ccn3C(C)C)c(C)cc1[O-].[Na+].[Na+]. The van der Waals surface area contributed by atoms with Crippen molar-refractivity contribution in [1.82, 2.24) is 19.3 Å².